The lowest BCUT2D eigenvalue weighted by molar-refractivity contribution is 0.0182. The first-order chi connectivity index (χ1) is 11.9. The summed E-state index contributed by atoms with van der Waals surface area (Å²) in [4.78, 5) is 19.2. The fourth-order valence-corrected chi connectivity index (χ4v) is 2.83. The summed E-state index contributed by atoms with van der Waals surface area (Å²) in [6.07, 6.45) is 5.70. The van der Waals surface area contributed by atoms with Gasteiger partial charge in [-0.25, -0.2) is 4.79 Å². The van der Waals surface area contributed by atoms with E-state index in [4.69, 9.17) is 9.57 Å². The Balaban J connectivity index is 1.57. The Bertz CT molecular complexity index is 544. The number of rotatable bonds is 6. The van der Waals surface area contributed by atoms with Gasteiger partial charge in [0.15, 0.2) is 0 Å². The van der Waals surface area contributed by atoms with Crippen LogP contribution in [0.2, 0.25) is 0 Å². The zero-order valence-corrected chi connectivity index (χ0v) is 15.6. The van der Waals surface area contributed by atoms with Gasteiger partial charge in [0.1, 0.15) is 12.2 Å². The van der Waals surface area contributed by atoms with Gasteiger partial charge in [0.2, 0.25) is 0 Å². The minimum Gasteiger partial charge on any atom is -0.444 e. The molecular weight excluding hydrogens is 316 g/mol. The molecular formula is C20H30N2O3. The van der Waals surface area contributed by atoms with Crippen LogP contribution in [0.3, 0.4) is 0 Å². The smallest absolute Gasteiger partial charge is 0.410 e. The predicted molar refractivity (Wildman–Crippen MR) is 99.5 cm³/mol. The van der Waals surface area contributed by atoms with Gasteiger partial charge in [0, 0.05) is 19.3 Å². The molecule has 1 aromatic rings. The number of likely N-dealkylation sites (tertiary alicyclic amines) is 1. The Kier molecular flexibility index (Phi) is 7.29. The first-order valence-electron chi connectivity index (χ1n) is 9.10. The van der Waals surface area contributed by atoms with Crippen molar-refractivity contribution in [2.75, 3.05) is 13.1 Å². The number of carbonyl (C=O) groups is 1. The van der Waals surface area contributed by atoms with E-state index in [-0.39, 0.29) is 6.09 Å². The maximum atomic E-state index is 12.0. The highest BCUT2D eigenvalue weighted by Gasteiger charge is 2.26. The molecule has 2 rings (SSSR count). The number of hydrogen-bond acceptors (Lipinski definition) is 4. The van der Waals surface area contributed by atoms with Crippen LogP contribution >= 0.6 is 0 Å². The second kappa shape index (κ2) is 9.44. The highest BCUT2D eigenvalue weighted by molar-refractivity contribution is 5.68. The molecule has 1 aromatic carbocycles. The van der Waals surface area contributed by atoms with Gasteiger partial charge in [-0.2, -0.15) is 0 Å². The number of piperidine rings is 1. The fourth-order valence-electron chi connectivity index (χ4n) is 2.83. The molecule has 1 aliphatic heterocycles. The van der Waals surface area contributed by atoms with Gasteiger partial charge in [-0.15, -0.1) is 0 Å². The van der Waals surface area contributed by atoms with Crippen molar-refractivity contribution in [3.8, 4) is 0 Å². The molecule has 1 aliphatic rings. The number of nitrogens with zero attached hydrogens (tertiary/aromatic N) is 2. The van der Waals surface area contributed by atoms with E-state index in [1.165, 1.54) is 0 Å². The number of benzene rings is 1. The van der Waals surface area contributed by atoms with Crippen molar-refractivity contribution in [2.45, 2.75) is 58.7 Å². The molecule has 1 amide bonds. The summed E-state index contributed by atoms with van der Waals surface area (Å²) in [6.45, 7) is 7.76. The lowest BCUT2D eigenvalue weighted by Crippen LogP contribution is -2.41. The highest BCUT2D eigenvalue weighted by atomic mass is 16.6. The molecule has 0 spiro atoms. The molecule has 1 fully saturated rings. The number of carbonyl (C=O) groups excluding carboxylic acids is 1. The van der Waals surface area contributed by atoms with E-state index in [1.54, 1.807) is 0 Å². The van der Waals surface area contributed by atoms with Crippen molar-refractivity contribution < 1.29 is 14.4 Å². The summed E-state index contributed by atoms with van der Waals surface area (Å²) in [5, 5.41) is 4.02. The van der Waals surface area contributed by atoms with Gasteiger partial charge in [0.25, 0.3) is 0 Å². The second-order valence-electron chi connectivity index (χ2n) is 7.54. The standard InChI is InChI=1S/C20H30N2O3/c1-20(2,3)25-19(23)22-14-11-17(12-15-22)10-7-13-21-24-16-18-8-5-4-6-9-18/h4-6,8-9,13,17H,7,10-12,14-16H2,1-3H3. The number of ether oxygens (including phenoxy) is 1. The number of oxime groups is 1. The van der Waals surface area contributed by atoms with Gasteiger partial charge in [-0.3, -0.25) is 0 Å². The van der Waals surface area contributed by atoms with Crippen molar-refractivity contribution in [1.29, 1.82) is 0 Å². The Hall–Kier alpha value is -2.04. The molecule has 25 heavy (non-hydrogen) atoms. The molecule has 0 N–H and O–H groups in total. The molecule has 0 atom stereocenters. The van der Waals surface area contributed by atoms with Crippen LogP contribution in [-0.4, -0.2) is 35.9 Å². The zero-order chi connectivity index (χ0) is 18.1. The van der Waals surface area contributed by atoms with Crippen molar-refractivity contribution in [2.24, 2.45) is 11.1 Å². The molecule has 0 aliphatic carbocycles. The third-order valence-electron chi connectivity index (χ3n) is 4.19. The van der Waals surface area contributed by atoms with E-state index >= 15 is 0 Å². The summed E-state index contributed by atoms with van der Waals surface area (Å²) in [5.74, 6) is 0.638. The average Bonchev–Trinajstić information content (AvgIpc) is 2.58. The fraction of sp³-hybridized carbons (Fsp3) is 0.600. The monoisotopic (exact) mass is 346 g/mol. The Morgan fingerprint density at radius 3 is 2.56 bits per heavy atom. The SMILES string of the molecule is CC(C)(C)OC(=O)N1CCC(CCC=NOCc2ccccc2)CC1. The molecule has 5 nitrogen and oxygen atoms in total. The number of amides is 1. The minimum atomic E-state index is -0.426. The molecule has 0 aromatic heterocycles. The van der Waals surface area contributed by atoms with E-state index in [0.717, 1.165) is 44.3 Å². The molecule has 0 radical (unpaired) electrons. The Labute approximate surface area is 151 Å². The highest BCUT2D eigenvalue weighted by Crippen LogP contribution is 2.23. The van der Waals surface area contributed by atoms with Crippen molar-refractivity contribution in [3.63, 3.8) is 0 Å². The van der Waals surface area contributed by atoms with Crippen LogP contribution in [0.4, 0.5) is 4.79 Å². The normalized spacial score (nSPS) is 16.2. The van der Waals surface area contributed by atoms with Crippen LogP contribution in [0.15, 0.2) is 35.5 Å². The van der Waals surface area contributed by atoms with Crippen molar-refractivity contribution in [1.82, 2.24) is 4.90 Å². The quantitative estimate of drug-likeness (QED) is 0.558. The average molecular weight is 346 g/mol. The van der Waals surface area contributed by atoms with Crippen molar-refractivity contribution in [3.05, 3.63) is 35.9 Å². The van der Waals surface area contributed by atoms with E-state index < -0.39 is 5.60 Å². The molecule has 0 bridgehead atoms. The summed E-state index contributed by atoms with van der Waals surface area (Å²) in [7, 11) is 0. The third kappa shape index (κ3) is 7.59. The van der Waals surface area contributed by atoms with E-state index in [2.05, 4.69) is 5.16 Å². The minimum absolute atomic E-state index is 0.193. The van der Waals surface area contributed by atoms with E-state index in [1.807, 2.05) is 62.2 Å². The number of hydrogen-bond donors (Lipinski definition) is 0. The summed E-state index contributed by atoms with van der Waals surface area (Å²) >= 11 is 0. The van der Waals surface area contributed by atoms with Crippen molar-refractivity contribution >= 4 is 12.3 Å². The summed E-state index contributed by atoms with van der Waals surface area (Å²) in [5.41, 5.74) is 0.693. The topological polar surface area (TPSA) is 51.1 Å². The van der Waals surface area contributed by atoms with Crippen LogP contribution in [0.25, 0.3) is 0 Å². The van der Waals surface area contributed by atoms with Gasteiger partial charge < -0.3 is 14.5 Å². The van der Waals surface area contributed by atoms with Crippen LogP contribution in [0.1, 0.15) is 52.0 Å². The molecule has 0 saturated carbocycles. The second-order valence-corrected chi connectivity index (χ2v) is 7.54. The molecule has 5 heteroatoms. The third-order valence-corrected chi connectivity index (χ3v) is 4.19. The summed E-state index contributed by atoms with van der Waals surface area (Å²) in [6, 6.07) is 10.0. The zero-order valence-electron chi connectivity index (χ0n) is 15.6. The van der Waals surface area contributed by atoms with Gasteiger partial charge in [-0.1, -0.05) is 35.5 Å². The lowest BCUT2D eigenvalue weighted by atomic mass is 9.92. The van der Waals surface area contributed by atoms with Crippen LogP contribution in [0, 0.1) is 5.92 Å². The molecule has 138 valence electrons. The summed E-state index contributed by atoms with van der Waals surface area (Å²) < 4.78 is 5.42. The maximum absolute atomic E-state index is 12.0. The van der Waals surface area contributed by atoms with Crippen LogP contribution in [-0.2, 0) is 16.2 Å². The lowest BCUT2D eigenvalue weighted by Gasteiger charge is -2.33. The van der Waals surface area contributed by atoms with E-state index in [9.17, 15) is 4.79 Å². The van der Waals surface area contributed by atoms with Crippen LogP contribution in [0.5, 0.6) is 0 Å². The molecule has 1 saturated heterocycles. The van der Waals surface area contributed by atoms with Gasteiger partial charge >= 0.3 is 6.09 Å². The first kappa shape index (κ1) is 19.3. The largest absolute Gasteiger partial charge is 0.444 e. The molecule has 1 heterocycles. The van der Waals surface area contributed by atoms with Gasteiger partial charge in [-0.05, 0) is 57.9 Å². The Morgan fingerprint density at radius 1 is 1.24 bits per heavy atom. The molecule has 0 unspecified atom stereocenters. The van der Waals surface area contributed by atoms with E-state index in [0.29, 0.717) is 12.5 Å². The Morgan fingerprint density at radius 2 is 1.92 bits per heavy atom. The van der Waals surface area contributed by atoms with Gasteiger partial charge in [0.05, 0.1) is 0 Å². The maximum Gasteiger partial charge on any atom is 0.410 e. The van der Waals surface area contributed by atoms with Crippen LogP contribution < -0.4 is 0 Å². The predicted octanol–water partition coefficient (Wildman–Crippen LogP) is 4.62. The first-order valence-corrected chi connectivity index (χ1v) is 9.10.